The van der Waals surface area contributed by atoms with Crippen LogP contribution >= 0.6 is 11.6 Å². The van der Waals surface area contributed by atoms with E-state index in [0.717, 1.165) is 24.2 Å². The van der Waals surface area contributed by atoms with Crippen LogP contribution < -0.4 is 16.0 Å². The fraction of sp³-hybridized carbons (Fsp3) is 0.130. The predicted octanol–water partition coefficient (Wildman–Crippen LogP) is 5.15. The first-order chi connectivity index (χ1) is 15.7. The Morgan fingerprint density at radius 1 is 1.03 bits per heavy atom. The lowest BCUT2D eigenvalue weighted by Crippen LogP contribution is -2.14. The number of imidazole rings is 1. The van der Waals surface area contributed by atoms with Crippen molar-refractivity contribution in [2.75, 3.05) is 16.0 Å². The van der Waals surface area contributed by atoms with E-state index >= 15 is 0 Å². The van der Waals surface area contributed by atoms with Crippen LogP contribution in [-0.2, 0) is 4.79 Å². The highest BCUT2D eigenvalue weighted by Gasteiger charge is 2.30. The maximum absolute atomic E-state index is 12.2. The highest BCUT2D eigenvalue weighted by atomic mass is 35.5. The van der Waals surface area contributed by atoms with Crippen molar-refractivity contribution >= 4 is 46.3 Å². The van der Waals surface area contributed by atoms with Gasteiger partial charge in [0, 0.05) is 29.7 Å². The molecule has 2 heterocycles. The van der Waals surface area contributed by atoms with Gasteiger partial charge in [-0.3, -0.25) is 4.79 Å². The first kappa shape index (κ1) is 20.0. The Bertz CT molecular complexity index is 1240. The molecule has 2 aromatic carbocycles. The zero-order valence-electron chi connectivity index (χ0n) is 17.0. The number of rotatable bonds is 7. The van der Waals surface area contributed by atoms with E-state index in [2.05, 4.69) is 30.9 Å². The van der Waals surface area contributed by atoms with Crippen molar-refractivity contribution in [3.63, 3.8) is 0 Å². The third kappa shape index (κ3) is 4.55. The zero-order chi connectivity index (χ0) is 21.9. The van der Waals surface area contributed by atoms with Crippen molar-refractivity contribution in [3.05, 3.63) is 78.5 Å². The molecule has 5 rings (SSSR count). The van der Waals surface area contributed by atoms with Gasteiger partial charge in [-0.2, -0.15) is 4.98 Å². The number of benzene rings is 2. The van der Waals surface area contributed by atoms with Gasteiger partial charge in [0.15, 0.2) is 5.82 Å². The van der Waals surface area contributed by atoms with E-state index in [1.54, 1.807) is 12.5 Å². The normalized spacial score (nSPS) is 12.9. The molecule has 1 saturated carbocycles. The van der Waals surface area contributed by atoms with Crippen LogP contribution in [0.15, 0.2) is 73.4 Å². The van der Waals surface area contributed by atoms with Gasteiger partial charge in [0.2, 0.25) is 11.9 Å². The molecule has 9 heteroatoms. The second-order valence-corrected chi connectivity index (χ2v) is 7.87. The van der Waals surface area contributed by atoms with E-state index < -0.39 is 0 Å². The molecule has 1 aliphatic carbocycles. The van der Waals surface area contributed by atoms with Gasteiger partial charge in [0.25, 0.3) is 0 Å². The van der Waals surface area contributed by atoms with E-state index in [1.165, 1.54) is 6.20 Å². The molecule has 160 valence electrons. The maximum Gasteiger partial charge on any atom is 0.229 e. The van der Waals surface area contributed by atoms with E-state index in [0.29, 0.717) is 28.2 Å². The summed E-state index contributed by atoms with van der Waals surface area (Å²) in [5.74, 6) is 0.982. The summed E-state index contributed by atoms with van der Waals surface area (Å²) in [5.41, 5.74) is 3.22. The summed E-state index contributed by atoms with van der Waals surface area (Å²) >= 11 is 6.33. The van der Waals surface area contributed by atoms with Crippen molar-refractivity contribution in [3.8, 4) is 5.69 Å². The Balaban J connectivity index is 1.33. The monoisotopic (exact) mass is 445 g/mol. The van der Waals surface area contributed by atoms with Crippen LogP contribution in [0.2, 0.25) is 5.02 Å². The minimum absolute atomic E-state index is 0.0366. The number of amides is 1. The first-order valence-electron chi connectivity index (χ1n) is 10.2. The highest BCUT2D eigenvalue weighted by molar-refractivity contribution is 6.33. The molecule has 0 radical (unpaired) electrons. The van der Waals surface area contributed by atoms with Crippen LogP contribution in [-0.4, -0.2) is 25.4 Å². The van der Waals surface area contributed by atoms with Crippen molar-refractivity contribution in [1.82, 2.24) is 19.5 Å². The van der Waals surface area contributed by atoms with Crippen molar-refractivity contribution < 1.29 is 4.79 Å². The molecule has 1 amide bonds. The molecule has 32 heavy (non-hydrogen) atoms. The van der Waals surface area contributed by atoms with Gasteiger partial charge in [0.1, 0.15) is 5.02 Å². The third-order valence-electron chi connectivity index (χ3n) is 5.06. The van der Waals surface area contributed by atoms with Gasteiger partial charge in [-0.1, -0.05) is 23.7 Å². The van der Waals surface area contributed by atoms with Crippen molar-refractivity contribution in [2.24, 2.45) is 5.92 Å². The number of nitrogens with zero attached hydrogens (tertiary/aromatic N) is 4. The van der Waals surface area contributed by atoms with E-state index in [9.17, 15) is 4.79 Å². The molecule has 1 aliphatic rings. The van der Waals surface area contributed by atoms with E-state index in [1.807, 2.05) is 59.3 Å². The Kier molecular flexibility index (Phi) is 5.43. The lowest BCUT2D eigenvalue weighted by Gasteiger charge is -2.14. The van der Waals surface area contributed by atoms with Gasteiger partial charge in [0.05, 0.1) is 23.9 Å². The van der Waals surface area contributed by atoms with Crippen LogP contribution in [0, 0.1) is 5.92 Å². The van der Waals surface area contributed by atoms with Crippen LogP contribution in [0.5, 0.6) is 0 Å². The minimum atomic E-state index is 0.0366. The largest absolute Gasteiger partial charge is 0.337 e. The lowest BCUT2D eigenvalue weighted by molar-refractivity contribution is -0.117. The molecule has 8 nitrogen and oxygen atoms in total. The van der Waals surface area contributed by atoms with Gasteiger partial charge < -0.3 is 20.5 Å². The van der Waals surface area contributed by atoms with Crippen molar-refractivity contribution in [2.45, 2.75) is 12.8 Å². The average molecular weight is 446 g/mol. The van der Waals surface area contributed by atoms with Gasteiger partial charge in [-0.05, 0) is 49.2 Å². The second kappa shape index (κ2) is 8.68. The Hall–Kier alpha value is -3.91. The molecule has 0 unspecified atom stereocenters. The number of carbonyl (C=O) groups is 1. The number of hydrogen-bond acceptors (Lipinski definition) is 6. The summed E-state index contributed by atoms with van der Waals surface area (Å²) < 4.78 is 1.92. The molecule has 0 spiro atoms. The van der Waals surface area contributed by atoms with Crippen molar-refractivity contribution in [1.29, 1.82) is 0 Å². The summed E-state index contributed by atoms with van der Waals surface area (Å²) in [7, 11) is 0. The predicted molar refractivity (Wildman–Crippen MR) is 125 cm³/mol. The molecule has 0 bridgehead atoms. The lowest BCUT2D eigenvalue weighted by atomic mass is 10.2. The Morgan fingerprint density at radius 3 is 2.53 bits per heavy atom. The molecule has 4 aromatic rings. The molecule has 2 aromatic heterocycles. The quantitative estimate of drug-likeness (QED) is 0.364. The van der Waals surface area contributed by atoms with Gasteiger partial charge in [-0.15, -0.1) is 0 Å². The summed E-state index contributed by atoms with van der Waals surface area (Å²) in [4.78, 5) is 25.0. The molecule has 1 fully saturated rings. The molecule has 0 saturated heterocycles. The Morgan fingerprint density at radius 2 is 1.81 bits per heavy atom. The summed E-state index contributed by atoms with van der Waals surface area (Å²) in [5, 5.41) is 9.74. The topological polar surface area (TPSA) is 96.8 Å². The summed E-state index contributed by atoms with van der Waals surface area (Å²) in [6.45, 7) is 0. The smallest absolute Gasteiger partial charge is 0.229 e. The maximum atomic E-state index is 12.2. The molecule has 0 atom stereocenters. The molecule has 3 N–H and O–H groups in total. The third-order valence-corrected chi connectivity index (χ3v) is 5.33. The fourth-order valence-corrected chi connectivity index (χ4v) is 3.32. The first-order valence-corrected chi connectivity index (χ1v) is 10.6. The standard InChI is InChI=1S/C23H20ClN7O/c24-18-13-26-23(27-16-7-9-17(10-8-16)31-12-11-25-14-31)30-21(18)28-19-3-1-2-4-20(19)29-22(32)15-5-6-15/h1-4,7-15H,5-6H2,(H,29,32)(H2,26,27,28,30). The zero-order valence-corrected chi connectivity index (χ0v) is 17.8. The van der Waals surface area contributed by atoms with Gasteiger partial charge in [-0.25, -0.2) is 9.97 Å². The van der Waals surface area contributed by atoms with Crippen LogP contribution in [0.25, 0.3) is 5.69 Å². The van der Waals surface area contributed by atoms with E-state index in [4.69, 9.17) is 11.6 Å². The fourth-order valence-electron chi connectivity index (χ4n) is 3.18. The van der Waals surface area contributed by atoms with Crippen LogP contribution in [0.3, 0.4) is 0 Å². The number of hydrogen-bond donors (Lipinski definition) is 3. The number of para-hydroxylation sites is 2. The second-order valence-electron chi connectivity index (χ2n) is 7.47. The molecular formula is C23H20ClN7O. The molecular weight excluding hydrogens is 426 g/mol. The number of aromatic nitrogens is 4. The molecule has 0 aliphatic heterocycles. The average Bonchev–Trinajstić information content (AvgIpc) is 3.52. The summed E-state index contributed by atoms with van der Waals surface area (Å²) in [6.07, 6.45) is 8.78. The van der Waals surface area contributed by atoms with Crippen LogP contribution in [0.1, 0.15) is 12.8 Å². The SMILES string of the molecule is O=C(Nc1ccccc1Nc1nc(Nc2ccc(-n3ccnc3)cc2)ncc1Cl)C1CC1. The number of carbonyl (C=O) groups excluding carboxylic acids is 1. The van der Waals surface area contributed by atoms with Crippen LogP contribution in [0.4, 0.5) is 28.8 Å². The number of anilines is 5. The minimum Gasteiger partial charge on any atom is -0.337 e. The highest BCUT2D eigenvalue weighted by Crippen LogP contribution is 2.33. The summed E-state index contributed by atoms with van der Waals surface area (Å²) in [6, 6.07) is 15.3. The number of halogens is 1. The van der Waals surface area contributed by atoms with E-state index in [-0.39, 0.29) is 11.8 Å². The van der Waals surface area contributed by atoms with Gasteiger partial charge >= 0.3 is 0 Å². The number of nitrogens with one attached hydrogen (secondary N) is 3. The Labute approximate surface area is 189 Å².